The van der Waals surface area contributed by atoms with Crippen LogP contribution >= 0.6 is 11.3 Å². The summed E-state index contributed by atoms with van der Waals surface area (Å²) in [7, 11) is 0. The third kappa shape index (κ3) is 2.20. The van der Waals surface area contributed by atoms with E-state index in [1.807, 2.05) is 6.07 Å². The third-order valence-corrected chi connectivity index (χ3v) is 6.07. The lowest BCUT2D eigenvalue weighted by Crippen LogP contribution is -1.98. The van der Waals surface area contributed by atoms with Crippen LogP contribution in [0, 0.1) is 0 Å². The molecule has 2 unspecified atom stereocenters. The maximum absolute atomic E-state index is 11.0. The average Bonchev–Trinajstić information content (AvgIpc) is 3.22. The lowest BCUT2D eigenvalue weighted by atomic mass is 9.89. The van der Waals surface area contributed by atoms with Gasteiger partial charge in [0.25, 0.3) is 0 Å². The van der Waals surface area contributed by atoms with Crippen LogP contribution in [0.5, 0.6) is 0 Å². The van der Waals surface area contributed by atoms with Crippen molar-refractivity contribution in [2.24, 2.45) is 0 Å². The normalized spacial score (nSPS) is 22.9. The molecule has 1 N–H and O–H groups in total. The number of carbonyl (C=O) groups is 1. The van der Waals surface area contributed by atoms with Gasteiger partial charge in [0.05, 0.1) is 0 Å². The molecular formula is C19H18O2S. The SMILES string of the molecule is C/C(=C/c1ccc(C(=O)O)s1)c1ccc2c(c1)C1CCC2C1. The van der Waals surface area contributed by atoms with E-state index >= 15 is 0 Å². The van der Waals surface area contributed by atoms with Gasteiger partial charge < -0.3 is 5.11 Å². The minimum absolute atomic E-state index is 0.394. The molecule has 112 valence electrons. The number of rotatable bonds is 3. The highest BCUT2D eigenvalue weighted by atomic mass is 32.1. The number of benzene rings is 1. The number of hydrogen-bond acceptors (Lipinski definition) is 2. The van der Waals surface area contributed by atoms with Crippen LogP contribution in [0.1, 0.15) is 69.3 Å². The Morgan fingerprint density at radius 2 is 1.95 bits per heavy atom. The maximum Gasteiger partial charge on any atom is 0.345 e. The standard InChI is InChI=1S/C19H18O2S/c1-11(8-15-5-7-18(22-15)19(20)21)12-4-6-16-13-2-3-14(9-13)17(16)10-12/h4-8,10,13-14H,2-3,9H2,1H3,(H,20,21)/b11-8-. The molecule has 2 aliphatic rings. The van der Waals surface area contributed by atoms with Gasteiger partial charge >= 0.3 is 5.97 Å². The predicted octanol–water partition coefficient (Wildman–Crippen LogP) is 5.37. The molecule has 1 saturated carbocycles. The van der Waals surface area contributed by atoms with Gasteiger partial charge in [0, 0.05) is 4.88 Å². The lowest BCUT2D eigenvalue weighted by molar-refractivity contribution is 0.0702. The zero-order valence-corrected chi connectivity index (χ0v) is 13.3. The van der Waals surface area contributed by atoms with Crippen LogP contribution in [-0.2, 0) is 0 Å². The fourth-order valence-corrected chi connectivity index (χ4v) is 4.78. The van der Waals surface area contributed by atoms with Crippen molar-refractivity contribution in [2.45, 2.75) is 38.0 Å². The lowest BCUT2D eigenvalue weighted by Gasteiger charge is -2.16. The summed E-state index contributed by atoms with van der Waals surface area (Å²) in [5.41, 5.74) is 5.58. The van der Waals surface area contributed by atoms with Crippen LogP contribution in [0.3, 0.4) is 0 Å². The molecule has 2 nitrogen and oxygen atoms in total. The maximum atomic E-state index is 11.0. The summed E-state index contributed by atoms with van der Waals surface area (Å²) >= 11 is 1.33. The van der Waals surface area contributed by atoms with E-state index in [-0.39, 0.29) is 0 Å². The van der Waals surface area contributed by atoms with E-state index in [1.54, 1.807) is 17.2 Å². The average molecular weight is 310 g/mol. The van der Waals surface area contributed by atoms with Crippen molar-refractivity contribution < 1.29 is 9.90 Å². The van der Waals surface area contributed by atoms with E-state index < -0.39 is 5.97 Å². The van der Waals surface area contributed by atoms with Crippen molar-refractivity contribution in [1.82, 2.24) is 0 Å². The molecule has 0 amide bonds. The first-order valence-electron chi connectivity index (χ1n) is 7.77. The summed E-state index contributed by atoms with van der Waals surface area (Å²) in [6.45, 7) is 2.11. The van der Waals surface area contributed by atoms with Crippen molar-refractivity contribution in [2.75, 3.05) is 0 Å². The Balaban J connectivity index is 1.65. The molecule has 2 aliphatic carbocycles. The van der Waals surface area contributed by atoms with E-state index in [0.29, 0.717) is 4.88 Å². The molecule has 2 bridgehead atoms. The molecule has 0 radical (unpaired) electrons. The second-order valence-electron chi connectivity index (χ2n) is 6.39. The molecule has 1 aromatic heterocycles. The van der Waals surface area contributed by atoms with Crippen LogP contribution in [0.4, 0.5) is 0 Å². The van der Waals surface area contributed by atoms with Crippen molar-refractivity contribution in [3.8, 4) is 0 Å². The summed E-state index contributed by atoms with van der Waals surface area (Å²) in [5.74, 6) is 0.720. The molecule has 1 fully saturated rings. The largest absolute Gasteiger partial charge is 0.477 e. The summed E-state index contributed by atoms with van der Waals surface area (Å²) in [5, 5.41) is 9.01. The molecule has 2 aromatic rings. The quantitative estimate of drug-likeness (QED) is 0.827. The summed E-state index contributed by atoms with van der Waals surface area (Å²) in [6, 6.07) is 10.4. The molecule has 1 aromatic carbocycles. The number of carboxylic acids is 1. The molecular weight excluding hydrogens is 292 g/mol. The summed E-state index contributed by atoms with van der Waals surface area (Å²) in [4.78, 5) is 12.4. The first-order chi connectivity index (χ1) is 10.6. The minimum atomic E-state index is -0.851. The Hall–Kier alpha value is -1.87. The van der Waals surface area contributed by atoms with Gasteiger partial charge in [-0.05, 0) is 78.5 Å². The topological polar surface area (TPSA) is 37.3 Å². The third-order valence-electron chi connectivity index (χ3n) is 5.05. The van der Waals surface area contributed by atoms with Crippen LogP contribution < -0.4 is 0 Å². The van der Waals surface area contributed by atoms with E-state index in [9.17, 15) is 4.79 Å². The molecule has 22 heavy (non-hydrogen) atoms. The highest BCUT2D eigenvalue weighted by Crippen LogP contribution is 2.53. The number of allylic oxidation sites excluding steroid dienone is 1. The van der Waals surface area contributed by atoms with Gasteiger partial charge in [0.15, 0.2) is 0 Å². The van der Waals surface area contributed by atoms with Crippen LogP contribution in [0.2, 0.25) is 0 Å². The second kappa shape index (κ2) is 5.10. The Kier molecular flexibility index (Phi) is 3.19. The van der Waals surface area contributed by atoms with Crippen LogP contribution in [0.25, 0.3) is 11.6 Å². The van der Waals surface area contributed by atoms with E-state index in [4.69, 9.17) is 5.11 Å². The van der Waals surface area contributed by atoms with Crippen molar-refractivity contribution >= 4 is 29.0 Å². The second-order valence-corrected chi connectivity index (χ2v) is 7.50. The molecule has 0 saturated heterocycles. The van der Waals surface area contributed by atoms with E-state index in [1.165, 1.54) is 41.7 Å². The molecule has 3 heteroatoms. The van der Waals surface area contributed by atoms with E-state index in [0.717, 1.165) is 16.7 Å². The first-order valence-corrected chi connectivity index (χ1v) is 8.59. The monoisotopic (exact) mass is 310 g/mol. The fourth-order valence-electron chi connectivity index (χ4n) is 3.93. The summed E-state index contributed by atoms with van der Waals surface area (Å²) < 4.78 is 0. The van der Waals surface area contributed by atoms with Gasteiger partial charge in [0.1, 0.15) is 4.88 Å². The van der Waals surface area contributed by atoms with Gasteiger partial charge in [-0.2, -0.15) is 0 Å². The van der Waals surface area contributed by atoms with Crippen molar-refractivity contribution in [3.63, 3.8) is 0 Å². The number of hydrogen-bond donors (Lipinski definition) is 1. The Bertz CT molecular complexity index is 784. The highest BCUT2D eigenvalue weighted by molar-refractivity contribution is 7.14. The van der Waals surface area contributed by atoms with Crippen molar-refractivity contribution in [1.29, 1.82) is 0 Å². The van der Waals surface area contributed by atoms with Gasteiger partial charge in [0.2, 0.25) is 0 Å². The number of aromatic carboxylic acids is 1. The van der Waals surface area contributed by atoms with Crippen molar-refractivity contribution in [3.05, 3.63) is 56.8 Å². The molecule has 1 heterocycles. The molecule has 0 aliphatic heterocycles. The Morgan fingerprint density at radius 1 is 1.18 bits per heavy atom. The van der Waals surface area contributed by atoms with Gasteiger partial charge in [-0.15, -0.1) is 11.3 Å². The highest BCUT2D eigenvalue weighted by Gasteiger charge is 2.36. The Labute approximate surface area is 134 Å². The number of thiophene rings is 1. The molecule has 2 atom stereocenters. The fraction of sp³-hybridized carbons (Fsp3) is 0.316. The zero-order chi connectivity index (χ0) is 15.3. The van der Waals surface area contributed by atoms with Gasteiger partial charge in [-0.3, -0.25) is 0 Å². The van der Waals surface area contributed by atoms with Crippen LogP contribution in [0.15, 0.2) is 30.3 Å². The van der Waals surface area contributed by atoms with Crippen LogP contribution in [-0.4, -0.2) is 11.1 Å². The minimum Gasteiger partial charge on any atom is -0.477 e. The van der Waals surface area contributed by atoms with Gasteiger partial charge in [-0.25, -0.2) is 4.79 Å². The van der Waals surface area contributed by atoms with E-state index in [2.05, 4.69) is 31.2 Å². The molecule has 0 spiro atoms. The zero-order valence-electron chi connectivity index (χ0n) is 12.5. The predicted molar refractivity (Wildman–Crippen MR) is 90.6 cm³/mol. The summed E-state index contributed by atoms with van der Waals surface area (Å²) in [6.07, 6.45) is 6.14. The molecule has 4 rings (SSSR count). The smallest absolute Gasteiger partial charge is 0.345 e. The number of carboxylic acid groups (broad SMARTS) is 1. The Morgan fingerprint density at radius 3 is 2.68 bits per heavy atom. The first kappa shape index (κ1) is 13.8. The number of fused-ring (bicyclic) bond motifs is 5. The van der Waals surface area contributed by atoms with Gasteiger partial charge in [-0.1, -0.05) is 18.2 Å².